The second-order valence-corrected chi connectivity index (χ2v) is 2.81. The molecule has 1 rings (SSSR count). The van der Waals surface area contributed by atoms with E-state index in [2.05, 4.69) is 4.74 Å². The van der Waals surface area contributed by atoms with Crippen molar-refractivity contribution in [3.05, 3.63) is 0 Å². The molecule has 1 fully saturated rings. The van der Waals surface area contributed by atoms with Gasteiger partial charge in [0.1, 0.15) is 0 Å². The van der Waals surface area contributed by atoms with Gasteiger partial charge in [0.2, 0.25) is 0 Å². The second-order valence-electron chi connectivity index (χ2n) is 2.81. The van der Waals surface area contributed by atoms with Crippen molar-refractivity contribution in [3.63, 3.8) is 0 Å². The van der Waals surface area contributed by atoms with Crippen LogP contribution in [0.3, 0.4) is 0 Å². The Morgan fingerprint density at radius 3 is 2.58 bits per heavy atom. The normalized spacial score (nSPS) is 15.5. The number of nitrogens with two attached hydrogens (primary N) is 1. The Morgan fingerprint density at radius 2 is 2.17 bits per heavy atom. The van der Waals surface area contributed by atoms with Crippen LogP contribution in [0.4, 0.5) is 0 Å². The van der Waals surface area contributed by atoms with Gasteiger partial charge in [0.15, 0.2) is 6.61 Å². The van der Waals surface area contributed by atoms with Crippen molar-refractivity contribution in [1.29, 1.82) is 0 Å². The first kappa shape index (κ1) is 8.99. The van der Waals surface area contributed by atoms with Crippen molar-refractivity contribution in [2.75, 3.05) is 6.61 Å². The Balaban J connectivity index is 2.22. The van der Waals surface area contributed by atoms with E-state index in [0.717, 1.165) is 17.9 Å². The van der Waals surface area contributed by atoms with E-state index in [1.54, 1.807) is 0 Å². The lowest BCUT2D eigenvalue weighted by Crippen LogP contribution is -2.41. The highest BCUT2D eigenvalue weighted by Gasteiger charge is 2.30. The summed E-state index contributed by atoms with van der Waals surface area (Å²) in [5.74, 6) is 4.60. The van der Waals surface area contributed by atoms with E-state index in [1.165, 1.54) is 6.92 Å². The first-order valence-electron chi connectivity index (χ1n) is 3.81. The molecule has 0 aliphatic heterocycles. The van der Waals surface area contributed by atoms with Gasteiger partial charge in [-0.3, -0.25) is 14.6 Å². The number of esters is 1. The van der Waals surface area contributed by atoms with Crippen LogP contribution in [0.25, 0.3) is 0 Å². The molecule has 5 nitrogen and oxygen atoms in total. The van der Waals surface area contributed by atoms with Gasteiger partial charge in [-0.25, -0.2) is 5.84 Å². The molecule has 1 aliphatic carbocycles. The van der Waals surface area contributed by atoms with Crippen molar-refractivity contribution in [1.82, 2.24) is 5.01 Å². The summed E-state index contributed by atoms with van der Waals surface area (Å²) in [6.45, 7) is 1.01. The zero-order chi connectivity index (χ0) is 9.14. The molecule has 0 unspecified atom stereocenters. The number of ether oxygens (including phenoxy) is 1. The zero-order valence-corrected chi connectivity index (χ0v) is 6.95. The van der Waals surface area contributed by atoms with E-state index in [1.807, 2.05) is 0 Å². The van der Waals surface area contributed by atoms with Gasteiger partial charge in [-0.05, 0) is 12.8 Å². The summed E-state index contributed by atoms with van der Waals surface area (Å²) in [7, 11) is 0. The third kappa shape index (κ3) is 2.50. The molecule has 0 atom stereocenters. The molecule has 1 saturated carbocycles. The lowest BCUT2D eigenvalue weighted by molar-refractivity contribution is -0.150. The highest BCUT2D eigenvalue weighted by molar-refractivity contribution is 5.80. The average molecular weight is 172 g/mol. The quantitative estimate of drug-likeness (QED) is 0.267. The van der Waals surface area contributed by atoms with Crippen LogP contribution in [0, 0.1) is 0 Å². The summed E-state index contributed by atoms with van der Waals surface area (Å²) >= 11 is 0. The van der Waals surface area contributed by atoms with E-state index in [-0.39, 0.29) is 18.6 Å². The minimum atomic E-state index is -0.465. The van der Waals surface area contributed by atoms with Crippen LogP contribution in [0.15, 0.2) is 0 Å². The van der Waals surface area contributed by atoms with Crippen LogP contribution < -0.4 is 5.84 Å². The molecule has 1 amide bonds. The molecule has 0 aromatic heterocycles. The Kier molecular flexibility index (Phi) is 2.65. The molecular formula is C7H12N2O3. The molecule has 0 aromatic rings. The van der Waals surface area contributed by atoms with Gasteiger partial charge in [0, 0.05) is 13.0 Å². The monoisotopic (exact) mass is 172 g/mol. The minimum absolute atomic E-state index is 0.160. The Bertz CT molecular complexity index is 201. The molecule has 0 saturated heterocycles. The smallest absolute Gasteiger partial charge is 0.303 e. The Labute approximate surface area is 70.4 Å². The number of amides is 1. The van der Waals surface area contributed by atoms with Crippen molar-refractivity contribution in [2.24, 2.45) is 5.84 Å². The van der Waals surface area contributed by atoms with Gasteiger partial charge >= 0.3 is 5.97 Å². The van der Waals surface area contributed by atoms with Crippen molar-refractivity contribution in [2.45, 2.75) is 25.8 Å². The molecule has 0 spiro atoms. The van der Waals surface area contributed by atoms with Gasteiger partial charge in [-0.2, -0.15) is 0 Å². The lowest BCUT2D eigenvalue weighted by Gasteiger charge is -2.14. The molecule has 5 heteroatoms. The fraction of sp³-hybridized carbons (Fsp3) is 0.714. The topological polar surface area (TPSA) is 72.6 Å². The maximum Gasteiger partial charge on any atom is 0.303 e. The zero-order valence-electron chi connectivity index (χ0n) is 6.95. The number of hydrogen-bond donors (Lipinski definition) is 1. The molecule has 1 aliphatic rings. The van der Waals surface area contributed by atoms with E-state index in [4.69, 9.17) is 5.84 Å². The van der Waals surface area contributed by atoms with Gasteiger partial charge < -0.3 is 4.74 Å². The molecule has 2 N–H and O–H groups in total. The Morgan fingerprint density at radius 1 is 1.58 bits per heavy atom. The van der Waals surface area contributed by atoms with Crippen LogP contribution >= 0.6 is 0 Å². The summed E-state index contributed by atoms with van der Waals surface area (Å²) in [4.78, 5) is 21.4. The van der Waals surface area contributed by atoms with Crippen LogP contribution in [0.2, 0.25) is 0 Å². The maximum atomic E-state index is 11.1. The SMILES string of the molecule is CC(=O)OCC(=O)N(N)C1CC1. The first-order valence-corrected chi connectivity index (χ1v) is 3.81. The van der Waals surface area contributed by atoms with E-state index in [0.29, 0.717) is 0 Å². The lowest BCUT2D eigenvalue weighted by atomic mass is 10.5. The third-order valence-electron chi connectivity index (χ3n) is 1.63. The third-order valence-corrected chi connectivity index (χ3v) is 1.63. The van der Waals surface area contributed by atoms with Crippen molar-refractivity contribution < 1.29 is 14.3 Å². The Hall–Kier alpha value is -1.10. The van der Waals surface area contributed by atoms with Gasteiger partial charge in [-0.15, -0.1) is 0 Å². The predicted octanol–water partition coefficient (Wildman–Crippen LogP) is -0.586. The van der Waals surface area contributed by atoms with E-state index in [9.17, 15) is 9.59 Å². The first-order chi connectivity index (χ1) is 5.61. The largest absolute Gasteiger partial charge is 0.456 e. The highest BCUT2D eigenvalue weighted by Crippen LogP contribution is 2.23. The average Bonchev–Trinajstić information content (AvgIpc) is 2.80. The molecule has 0 heterocycles. The van der Waals surface area contributed by atoms with Crippen LogP contribution in [0.5, 0.6) is 0 Å². The highest BCUT2D eigenvalue weighted by atomic mass is 16.5. The molecule has 12 heavy (non-hydrogen) atoms. The molecule has 68 valence electrons. The van der Waals surface area contributed by atoms with Crippen LogP contribution in [0.1, 0.15) is 19.8 Å². The number of carbonyl (C=O) groups excluding carboxylic acids is 2. The number of rotatable bonds is 3. The van der Waals surface area contributed by atoms with E-state index >= 15 is 0 Å². The van der Waals surface area contributed by atoms with Crippen molar-refractivity contribution >= 4 is 11.9 Å². The van der Waals surface area contributed by atoms with E-state index < -0.39 is 5.97 Å². The van der Waals surface area contributed by atoms with Crippen LogP contribution in [-0.2, 0) is 14.3 Å². The van der Waals surface area contributed by atoms with Crippen LogP contribution in [-0.4, -0.2) is 29.5 Å². The standard InChI is InChI=1S/C7H12N2O3/c1-5(10)12-4-7(11)9(8)6-2-3-6/h6H,2-4,8H2,1H3. The number of nitrogens with zero attached hydrogens (tertiary/aromatic N) is 1. The van der Waals surface area contributed by atoms with Gasteiger partial charge in [0.05, 0.1) is 0 Å². The second kappa shape index (κ2) is 3.53. The minimum Gasteiger partial charge on any atom is -0.456 e. The van der Waals surface area contributed by atoms with Gasteiger partial charge in [0.25, 0.3) is 5.91 Å². The number of carbonyl (C=O) groups is 2. The molecule has 0 radical (unpaired) electrons. The summed E-state index contributed by atoms with van der Waals surface area (Å²) in [6, 6.07) is 0.160. The fourth-order valence-corrected chi connectivity index (χ4v) is 0.794. The maximum absolute atomic E-state index is 11.1. The molecule has 0 bridgehead atoms. The predicted molar refractivity (Wildman–Crippen MR) is 40.7 cm³/mol. The summed E-state index contributed by atoms with van der Waals surface area (Å²) in [5, 5.41) is 1.14. The number of hydrogen-bond acceptors (Lipinski definition) is 4. The van der Waals surface area contributed by atoms with Gasteiger partial charge in [-0.1, -0.05) is 0 Å². The summed E-state index contributed by atoms with van der Waals surface area (Å²) in [6.07, 6.45) is 1.89. The number of hydrazine groups is 1. The summed E-state index contributed by atoms with van der Waals surface area (Å²) in [5.41, 5.74) is 0. The fourth-order valence-electron chi connectivity index (χ4n) is 0.794. The summed E-state index contributed by atoms with van der Waals surface area (Å²) < 4.78 is 4.49. The van der Waals surface area contributed by atoms with Crippen molar-refractivity contribution in [3.8, 4) is 0 Å². The molecule has 0 aromatic carbocycles. The molecular weight excluding hydrogens is 160 g/mol.